The van der Waals surface area contributed by atoms with Crippen molar-refractivity contribution in [3.8, 4) is 0 Å². The summed E-state index contributed by atoms with van der Waals surface area (Å²) in [7, 11) is 3.14. The molecule has 6 aromatic carbocycles. The highest BCUT2D eigenvalue weighted by molar-refractivity contribution is 7.08. The monoisotopic (exact) mass is 842 g/mol. The van der Waals surface area contributed by atoms with E-state index < -0.39 is 23.8 Å². The summed E-state index contributed by atoms with van der Waals surface area (Å²) in [4.78, 5) is 47.5. The van der Waals surface area contributed by atoms with E-state index in [1.165, 1.54) is 9.47 Å². The van der Waals surface area contributed by atoms with Crippen LogP contribution in [0.2, 0.25) is 0 Å². The first-order chi connectivity index (χ1) is 29.0. The molecule has 9 nitrogen and oxygen atoms in total. The highest BCUT2D eigenvalue weighted by atomic mass is 31.0. The van der Waals surface area contributed by atoms with Gasteiger partial charge in [-0.3, -0.25) is 18.9 Å². The van der Waals surface area contributed by atoms with Crippen molar-refractivity contribution in [2.75, 3.05) is 23.8 Å². The van der Waals surface area contributed by atoms with Gasteiger partial charge in [0.15, 0.2) is 5.78 Å². The average molecular weight is 843 g/mol. The van der Waals surface area contributed by atoms with Crippen LogP contribution in [0, 0.1) is 34.6 Å². The molecule has 2 atom stereocenters. The highest BCUT2D eigenvalue weighted by Crippen LogP contribution is 2.41. The summed E-state index contributed by atoms with van der Waals surface area (Å²) in [6.07, 6.45) is -0.889. The number of rotatable bonds is 14. The molecule has 310 valence electrons. The van der Waals surface area contributed by atoms with E-state index in [1.54, 1.807) is 15.2 Å². The number of carbonyl (C=O) groups excluding carboxylic acids is 3. The molecule has 11 heteroatoms. The van der Waals surface area contributed by atoms with Crippen molar-refractivity contribution < 1.29 is 33.7 Å². The van der Waals surface area contributed by atoms with Gasteiger partial charge in [-0.1, -0.05) is 133 Å². The molecule has 60 heavy (non-hydrogen) atoms. The number of hydrogen-bond donors (Lipinski definition) is 4. The van der Waals surface area contributed by atoms with E-state index in [1.807, 2.05) is 168 Å². The van der Waals surface area contributed by atoms with Crippen molar-refractivity contribution in [3.63, 3.8) is 0 Å². The molecule has 0 bridgehead atoms. The van der Waals surface area contributed by atoms with Gasteiger partial charge in [0.25, 0.3) is 0 Å². The van der Waals surface area contributed by atoms with Gasteiger partial charge >= 0.3 is 0 Å². The van der Waals surface area contributed by atoms with E-state index in [0.717, 1.165) is 55.6 Å². The number of amides is 2. The summed E-state index contributed by atoms with van der Waals surface area (Å²) in [6.45, 7) is 8.83. The van der Waals surface area contributed by atoms with Gasteiger partial charge in [-0.05, 0) is 106 Å². The van der Waals surface area contributed by atoms with Crippen LogP contribution in [-0.2, 0) is 18.9 Å². The Balaban J connectivity index is 0.00000193. The lowest BCUT2D eigenvalue weighted by atomic mass is 9.80. The van der Waals surface area contributed by atoms with Gasteiger partial charge in [-0.2, -0.15) is 0 Å². The second-order valence-electron chi connectivity index (χ2n) is 14.4. The van der Waals surface area contributed by atoms with Crippen LogP contribution in [0.25, 0.3) is 0 Å². The average Bonchev–Trinajstić information content (AvgIpc) is 3.26. The lowest BCUT2D eigenvalue weighted by Gasteiger charge is -2.28. The van der Waals surface area contributed by atoms with Gasteiger partial charge in [0.05, 0.1) is 12.0 Å². The molecule has 0 spiro atoms. The standard InChI is InChI=1S/C49H48N2O5.H3OP.HOP/c1-31-26-32(2)41(28-40(31)48(54)45(36-18-10-6-11-19-36)37-20-12-7-13-21-37)50-42(52)29-56-30-43(53)51-47-34(4)27-33(3)44(35(47)5)49(55)46(38-22-14-8-15-23-38)39-24-16-9-17-25-39;2*1-2/h6-28,45-46,49,55H,29-30H2,1-5H3,(H,50,52)(H,51,53);1H,2H2;2H. The molecule has 2 unspecified atom stereocenters. The summed E-state index contributed by atoms with van der Waals surface area (Å²) in [5.74, 6) is -1.80. The molecule has 0 saturated carbocycles. The van der Waals surface area contributed by atoms with Crippen LogP contribution in [-0.4, -0.2) is 40.8 Å². The van der Waals surface area contributed by atoms with E-state index >= 15 is 0 Å². The topological polar surface area (TPSA) is 142 Å². The Morgan fingerprint density at radius 2 is 1.00 bits per heavy atom. The van der Waals surface area contributed by atoms with Gasteiger partial charge in [-0.25, -0.2) is 0 Å². The van der Waals surface area contributed by atoms with Gasteiger partial charge in [0.1, 0.15) is 22.3 Å². The number of ether oxygens (including phenoxy) is 1. The molecule has 0 fully saturated rings. The predicted octanol–water partition coefficient (Wildman–Crippen LogP) is 9.95. The van der Waals surface area contributed by atoms with Crippen LogP contribution >= 0.6 is 18.6 Å². The van der Waals surface area contributed by atoms with Crippen molar-refractivity contribution >= 4 is 47.6 Å². The number of Topliss-reactive ketones (excluding diaryl/α,β-unsaturated/α-hetero) is 1. The van der Waals surface area contributed by atoms with E-state index in [-0.39, 0.29) is 24.9 Å². The lowest BCUT2D eigenvalue weighted by Crippen LogP contribution is -2.25. The molecule has 0 aliphatic heterocycles. The summed E-state index contributed by atoms with van der Waals surface area (Å²) < 4.78 is 13.6. The normalized spacial score (nSPS) is 11.1. The molecule has 0 aliphatic rings. The molecule has 6 aromatic rings. The lowest BCUT2D eigenvalue weighted by molar-refractivity contribution is -0.125. The van der Waals surface area contributed by atoms with Crippen molar-refractivity contribution in [1.82, 2.24) is 0 Å². The summed E-state index contributed by atoms with van der Waals surface area (Å²) in [6, 6.07) is 44.8. The number of aliphatic hydroxyl groups is 1. The minimum absolute atomic E-state index is 0.0728. The van der Waals surface area contributed by atoms with Crippen LogP contribution in [0.5, 0.6) is 0 Å². The number of aryl methyl sites for hydroxylation is 4. The predicted molar refractivity (Wildman–Crippen MR) is 244 cm³/mol. The zero-order valence-electron chi connectivity index (χ0n) is 34.4. The SMILES string of the molecule is Cc1cc(C)c(C(=O)C(c2ccccc2)c2ccccc2)cc1NC(=O)COCC(=O)Nc1c(C)cc(C)c(C(O)C(c2ccccc2)c2ccccc2)c1C.O=P.OP. The van der Waals surface area contributed by atoms with Crippen LogP contribution in [0.15, 0.2) is 140 Å². The number of aliphatic hydroxyl groups excluding tert-OH is 1. The van der Waals surface area contributed by atoms with Crippen LogP contribution in [0.4, 0.5) is 11.4 Å². The number of ketones is 1. The first-order valence-electron chi connectivity index (χ1n) is 19.3. The van der Waals surface area contributed by atoms with Crippen LogP contribution in [0.1, 0.15) is 83.9 Å². The molecule has 4 N–H and O–H groups in total. The van der Waals surface area contributed by atoms with E-state index in [9.17, 15) is 19.5 Å². The zero-order chi connectivity index (χ0) is 43.8. The van der Waals surface area contributed by atoms with Crippen LogP contribution < -0.4 is 10.6 Å². The second kappa shape index (κ2) is 23.2. The molecule has 2 amide bonds. The number of hydrogen-bond acceptors (Lipinski definition) is 7. The fraction of sp³-hybridized carbons (Fsp3) is 0.204. The first-order valence-corrected chi connectivity index (χ1v) is 20.2. The minimum Gasteiger partial charge on any atom is -0.387 e. The minimum atomic E-state index is -0.889. The summed E-state index contributed by atoms with van der Waals surface area (Å²) in [5.41, 5.74) is 10.2. The number of carbonyl (C=O) groups is 3. The molecule has 0 heterocycles. The van der Waals surface area contributed by atoms with Crippen molar-refractivity contribution in [3.05, 3.63) is 201 Å². The molecule has 0 aliphatic carbocycles. The third kappa shape index (κ3) is 11.8. The van der Waals surface area contributed by atoms with Crippen molar-refractivity contribution in [1.29, 1.82) is 0 Å². The van der Waals surface area contributed by atoms with Crippen LogP contribution in [0.3, 0.4) is 0 Å². The zero-order valence-corrected chi connectivity index (χ0v) is 36.6. The summed E-state index contributed by atoms with van der Waals surface area (Å²) in [5, 5.41) is 17.9. The first kappa shape index (κ1) is 47.0. The molecular formula is C49H52N2O7P2. The van der Waals surface area contributed by atoms with Gasteiger partial charge < -0.3 is 25.4 Å². The van der Waals surface area contributed by atoms with Gasteiger partial charge in [0.2, 0.25) is 11.8 Å². The highest BCUT2D eigenvalue weighted by Gasteiger charge is 2.29. The molecule has 6 rings (SSSR count). The Morgan fingerprint density at radius 1 is 0.583 bits per heavy atom. The van der Waals surface area contributed by atoms with E-state index in [0.29, 0.717) is 16.9 Å². The largest absolute Gasteiger partial charge is 0.387 e. The third-order valence-corrected chi connectivity index (χ3v) is 10.3. The Morgan fingerprint density at radius 3 is 1.47 bits per heavy atom. The molecular weight excluding hydrogens is 790 g/mol. The molecule has 0 saturated heterocycles. The van der Waals surface area contributed by atoms with Gasteiger partial charge in [0, 0.05) is 22.9 Å². The van der Waals surface area contributed by atoms with E-state index in [4.69, 9.17) is 14.2 Å². The number of anilines is 2. The quantitative estimate of drug-likeness (QED) is 0.0632. The number of nitrogens with one attached hydrogen (secondary N) is 2. The number of benzene rings is 6. The molecule has 0 aromatic heterocycles. The Kier molecular flexibility index (Phi) is 18.2. The fourth-order valence-corrected chi connectivity index (χ4v) is 7.69. The maximum atomic E-state index is 14.2. The van der Waals surface area contributed by atoms with Crippen molar-refractivity contribution in [2.45, 2.75) is 52.6 Å². The Labute approximate surface area is 357 Å². The van der Waals surface area contributed by atoms with Gasteiger partial charge in [-0.15, -0.1) is 0 Å². The maximum Gasteiger partial charge on any atom is 0.250 e. The Bertz CT molecular complexity index is 2270. The van der Waals surface area contributed by atoms with E-state index in [2.05, 4.69) is 10.6 Å². The molecule has 0 radical (unpaired) electrons. The fourth-order valence-electron chi connectivity index (χ4n) is 7.69. The maximum absolute atomic E-state index is 14.2. The van der Waals surface area contributed by atoms with Crippen molar-refractivity contribution in [2.24, 2.45) is 0 Å². The second-order valence-corrected chi connectivity index (χ2v) is 14.4. The smallest absolute Gasteiger partial charge is 0.250 e. The Hall–Kier alpha value is -5.66. The summed E-state index contributed by atoms with van der Waals surface area (Å²) >= 11 is 0. The third-order valence-electron chi connectivity index (χ3n) is 10.3.